The molecular formula is C10H8BrFO. The summed E-state index contributed by atoms with van der Waals surface area (Å²) in [5.74, 6) is -0.0292. The smallest absolute Gasteiger partial charge is 0.153 e. The monoisotopic (exact) mass is 242 g/mol. The average Bonchev–Trinajstić information content (AvgIpc) is 2.85. The molecule has 1 aromatic carbocycles. The van der Waals surface area contributed by atoms with Gasteiger partial charge < -0.3 is 0 Å². The van der Waals surface area contributed by atoms with Gasteiger partial charge in [-0.3, -0.25) is 4.79 Å². The van der Waals surface area contributed by atoms with Gasteiger partial charge in [0.1, 0.15) is 5.82 Å². The molecular weight excluding hydrogens is 235 g/mol. The maximum atomic E-state index is 13.2. The van der Waals surface area contributed by atoms with Gasteiger partial charge in [-0.15, -0.1) is 0 Å². The zero-order valence-electron chi connectivity index (χ0n) is 6.89. The van der Waals surface area contributed by atoms with Crippen LogP contribution in [0.2, 0.25) is 0 Å². The number of hydrogen-bond donors (Lipinski definition) is 0. The third-order valence-corrected chi connectivity index (χ3v) is 2.72. The first kappa shape index (κ1) is 8.88. The Morgan fingerprint density at radius 1 is 1.46 bits per heavy atom. The normalized spacial score (nSPS) is 15.8. The van der Waals surface area contributed by atoms with Gasteiger partial charge in [0.15, 0.2) is 6.29 Å². The molecule has 2 rings (SSSR count). The summed E-state index contributed by atoms with van der Waals surface area (Å²) in [6, 6.07) is 3.17. The molecule has 0 aromatic heterocycles. The summed E-state index contributed by atoms with van der Waals surface area (Å²) in [5.41, 5.74) is 1.08. The minimum absolute atomic E-state index is 0.228. The van der Waals surface area contributed by atoms with Crippen molar-refractivity contribution in [3.05, 3.63) is 33.5 Å². The molecule has 0 saturated heterocycles. The Kier molecular flexibility index (Phi) is 2.20. The molecule has 1 aromatic rings. The topological polar surface area (TPSA) is 17.1 Å². The van der Waals surface area contributed by atoms with Gasteiger partial charge in [-0.05, 0) is 36.5 Å². The molecule has 0 heterocycles. The highest BCUT2D eigenvalue weighted by atomic mass is 79.9. The highest BCUT2D eigenvalue weighted by molar-refractivity contribution is 9.10. The molecule has 0 atom stereocenters. The minimum Gasteiger partial charge on any atom is -0.298 e. The molecule has 68 valence electrons. The van der Waals surface area contributed by atoms with E-state index in [-0.39, 0.29) is 5.56 Å². The average molecular weight is 243 g/mol. The summed E-state index contributed by atoms with van der Waals surface area (Å²) in [5, 5.41) is 0. The van der Waals surface area contributed by atoms with Gasteiger partial charge in [-0.1, -0.05) is 15.9 Å². The van der Waals surface area contributed by atoms with Gasteiger partial charge in [-0.2, -0.15) is 0 Å². The van der Waals surface area contributed by atoms with Crippen LogP contribution in [0, 0.1) is 5.82 Å². The molecule has 13 heavy (non-hydrogen) atoms. The largest absolute Gasteiger partial charge is 0.298 e. The first-order valence-electron chi connectivity index (χ1n) is 4.16. The van der Waals surface area contributed by atoms with Crippen molar-refractivity contribution in [1.82, 2.24) is 0 Å². The molecule has 1 nitrogen and oxygen atoms in total. The van der Waals surface area contributed by atoms with Gasteiger partial charge in [0, 0.05) is 4.47 Å². The van der Waals surface area contributed by atoms with Gasteiger partial charge in [-0.25, -0.2) is 4.39 Å². The maximum absolute atomic E-state index is 13.2. The molecule has 1 aliphatic carbocycles. The quantitative estimate of drug-likeness (QED) is 0.728. The highest BCUT2D eigenvalue weighted by Crippen LogP contribution is 2.42. The Balaban J connectivity index is 2.56. The van der Waals surface area contributed by atoms with E-state index in [0.717, 1.165) is 18.4 Å². The lowest BCUT2D eigenvalue weighted by molar-refractivity contribution is 0.111. The molecule has 0 amide bonds. The molecule has 0 spiro atoms. The van der Waals surface area contributed by atoms with E-state index in [1.807, 2.05) is 6.07 Å². The molecule has 1 fully saturated rings. The fourth-order valence-corrected chi connectivity index (χ4v) is 1.91. The number of halogens is 2. The number of carbonyl (C=O) groups is 1. The van der Waals surface area contributed by atoms with Crippen LogP contribution in [0.1, 0.15) is 34.7 Å². The van der Waals surface area contributed by atoms with Gasteiger partial charge in [0.25, 0.3) is 0 Å². The lowest BCUT2D eigenvalue weighted by Gasteiger charge is -2.04. The third-order valence-electron chi connectivity index (χ3n) is 2.26. The molecule has 0 bridgehead atoms. The standard InChI is InChI=1S/C10H8BrFO/c11-7-3-8(6-1-2-6)9(5-13)10(12)4-7/h3-6H,1-2H2. The van der Waals surface area contributed by atoms with Crippen LogP contribution in [0.5, 0.6) is 0 Å². The van der Waals surface area contributed by atoms with Crippen molar-refractivity contribution in [2.75, 3.05) is 0 Å². The molecule has 0 radical (unpaired) electrons. The second-order valence-electron chi connectivity index (χ2n) is 3.28. The summed E-state index contributed by atoms with van der Waals surface area (Å²) in [6.45, 7) is 0. The van der Waals surface area contributed by atoms with Crippen molar-refractivity contribution in [1.29, 1.82) is 0 Å². The summed E-state index contributed by atoms with van der Waals surface area (Å²) in [4.78, 5) is 10.6. The maximum Gasteiger partial charge on any atom is 0.153 e. The SMILES string of the molecule is O=Cc1c(F)cc(Br)cc1C1CC1. The zero-order valence-corrected chi connectivity index (χ0v) is 8.47. The van der Waals surface area contributed by atoms with Crippen LogP contribution in [0.4, 0.5) is 4.39 Å². The van der Waals surface area contributed by atoms with Crippen LogP contribution < -0.4 is 0 Å². The predicted octanol–water partition coefficient (Wildman–Crippen LogP) is 3.28. The van der Waals surface area contributed by atoms with Crippen LogP contribution in [-0.4, -0.2) is 6.29 Å². The number of benzene rings is 1. The second-order valence-corrected chi connectivity index (χ2v) is 4.20. The van der Waals surface area contributed by atoms with E-state index >= 15 is 0 Å². The van der Waals surface area contributed by atoms with E-state index < -0.39 is 5.82 Å². The molecule has 0 N–H and O–H groups in total. The van der Waals surface area contributed by atoms with E-state index in [4.69, 9.17) is 0 Å². The van der Waals surface area contributed by atoms with Crippen LogP contribution in [0.25, 0.3) is 0 Å². The summed E-state index contributed by atoms with van der Waals surface area (Å²) < 4.78 is 13.9. The third kappa shape index (κ3) is 1.66. The van der Waals surface area contributed by atoms with Gasteiger partial charge in [0.2, 0.25) is 0 Å². The van der Waals surface area contributed by atoms with E-state index in [1.54, 1.807) is 0 Å². The summed E-state index contributed by atoms with van der Waals surface area (Å²) in [7, 11) is 0. The predicted molar refractivity (Wildman–Crippen MR) is 51.5 cm³/mol. The van der Waals surface area contributed by atoms with Gasteiger partial charge >= 0.3 is 0 Å². The lowest BCUT2D eigenvalue weighted by Crippen LogP contribution is -1.95. The number of aldehydes is 1. The first-order chi connectivity index (χ1) is 6.22. The van der Waals surface area contributed by atoms with E-state index in [1.165, 1.54) is 6.07 Å². The Labute approximate surface area is 84.1 Å². The number of hydrogen-bond acceptors (Lipinski definition) is 1. The molecule has 0 unspecified atom stereocenters. The van der Waals surface area contributed by atoms with Crippen molar-refractivity contribution >= 4 is 22.2 Å². The van der Waals surface area contributed by atoms with Crippen LogP contribution in [0.15, 0.2) is 16.6 Å². The fourth-order valence-electron chi connectivity index (χ4n) is 1.46. The van der Waals surface area contributed by atoms with E-state index in [0.29, 0.717) is 16.7 Å². The summed E-state index contributed by atoms with van der Waals surface area (Å²) >= 11 is 3.22. The van der Waals surface area contributed by atoms with Crippen molar-refractivity contribution in [3.8, 4) is 0 Å². The number of rotatable bonds is 2. The zero-order chi connectivity index (χ0) is 9.42. The van der Waals surface area contributed by atoms with Crippen LogP contribution >= 0.6 is 15.9 Å². The minimum atomic E-state index is -0.425. The van der Waals surface area contributed by atoms with Crippen molar-refractivity contribution < 1.29 is 9.18 Å². The van der Waals surface area contributed by atoms with Crippen molar-refractivity contribution in [2.24, 2.45) is 0 Å². The van der Waals surface area contributed by atoms with Crippen molar-refractivity contribution in [2.45, 2.75) is 18.8 Å². The highest BCUT2D eigenvalue weighted by Gasteiger charge is 2.27. The molecule has 3 heteroatoms. The molecule has 0 aliphatic heterocycles. The number of carbonyl (C=O) groups excluding carboxylic acids is 1. The fraction of sp³-hybridized carbons (Fsp3) is 0.300. The Bertz CT molecular complexity index is 358. The lowest BCUT2D eigenvalue weighted by atomic mass is 10.0. The molecule has 1 aliphatic rings. The van der Waals surface area contributed by atoms with Crippen molar-refractivity contribution in [3.63, 3.8) is 0 Å². The first-order valence-corrected chi connectivity index (χ1v) is 4.96. The summed E-state index contributed by atoms with van der Waals surface area (Å²) in [6.07, 6.45) is 2.74. The van der Waals surface area contributed by atoms with Crippen LogP contribution in [-0.2, 0) is 0 Å². The second kappa shape index (κ2) is 3.22. The Morgan fingerprint density at radius 2 is 2.15 bits per heavy atom. The van der Waals surface area contributed by atoms with Gasteiger partial charge in [0.05, 0.1) is 5.56 Å². The van der Waals surface area contributed by atoms with Crippen LogP contribution in [0.3, 0.4) is 0 Å². The Morgan fingerprint density at radius 3 is 2.69 bits per heavy atom. The Hall–Kier alpha value is -0.700. The van der Waals surface area contributed by atoms with E-state index in [2.05, 4.69) is 15.9 Å². The van der Waals surface area contributed by atoms with E-state index in [9.17, 15) is 9.18 Å². The molecule has 1 saturated carbocycles.